The van der Waals surface area contributed by atoms with Crippen molar-refractivity contribution in [1.82, 2.24) is 5.32 Å². The van der Waals surface area contributed by atoms with Crippen molar-refractivity contribution in [2.45, 2.75) is 39.8 Å². The van der Waals surface area contributed by atoms with E-state index in [0.29, 0.717) is 0 Å². The third kappa shape index (κ3) is 3.71. The summed E-state index contributed by atoms with van der Waals surface area (Å²) in [5, 5.41) is 3.66. The van der Waals surface area contributed by atoms with Gasteiger partial charge in [0.2, 0.25) is 0 Å². The van der Waals surface area contributed by atoms with Crippen molar-refractivity contribution in [3.8, 4) is 0 Å². The van der Waals surface area contributed by atoms with Crippen LogP contribution in [0.1, 0.15) is 36.1 Å². The second kappa shape index (κ2) is 6.11. The highest BCUT2D eigenvalue weighted by Crippen LogP contribution is 2.23. The molecular formula is C18H22BrN. The van der Waals surface area contributed by atoms with Crippen molar-refractivity contribution < 1.29 is 0 Å². The van der Waals surface area contributed by atoms with Crippen LogP contribution in [0.3, 0.4) is 0 Å². The first-order valence-corrected chi connectivity index (χ1v) is 7.75. The van der Waals surface area contributed by atoms with E-state index in [2.05, 4.69) is 91.4 Å². The van der Waals surface area contributed by atoms with Crippen LogP contribution in [0.5, 0.6) is 0 Å². The lowest BCUT2D eigenvalue weighted by Gasteiger charge is -2.27. The van der Waals surface area contributed by atoms with E-state index >= 15 is 0 Å². The maximum Gasteiger partial charge on any atom is 0.0380 e. The van der Waals surface area contributed by atoms with Gasteiger partial charge in [-0.25, -0.2) is 0 Å². The zero-order chi connectivity index (χ0) is 14.8. The standard InChI is InChI=1S/C18H22BrN/c1-13-5-6-14(2)15(11-13)12-20-18(3,4)16-7-9-17(19)10-8-16/h5-11,20H,12H2,1-4H3. The van der Waals surface area contributed by atoms with Gasteiger partial charge in [-0.15, -0.1) is 0 Å². The molecule has 0 amide bonds. The first kappa shape index (κ1) is 15.3. The molecule has 0 heterocycles. The molecule has 0 radical (unpaired) electrons. The Balaban J connectivity index is 2.12. The SMILES string of the molecule is Cc1ccc(C)c(CNC(C)(C)c2ccc(Br)cc2)c1. The molecule has 1 N–H and O–H groups in total. The first-order chi connectivity index (χ1) is 9.38. The highest BCUT2D eigenvalue weighted by atomic mass is 79.9. The molecule has 0 bridgehead atoms. The zero-order valence-corrected chi connectivity index (χ0v) is 14.2. The molecule has 1 nitrogen and oxygen atoms in total. The van der Waals surface area contributed by atoms with E-state index in [1.165, 1.54) is 22.3 Å². The number of hydrogen-bond donors (Lipinski definition) is 1. The number of halogens is 1. The maximum absolute atomic E-state index is 3.66. The number of nitrogens with one attached hydrogen (secondary N) is 1. The molecule has 0 unspecified atom stereocenters. The van der Waals surface area contributed by atoms with Gasteiger partial charge in [0.25, 0.3) is 0 Å². The molecule has 0 aliphatic carbocycles. The third-order valence-electron chi connectivity index (χ3n) is 3.79. The fourth-order valence-electron chi connectivity index (χ4n) is 2.28. The van der Waals surface area contributed by atoms with Crippen LogP contribution >= 0.6 is 15.9 Å². The summed E-state index contributed by atoms with van der Waals surface area (Å²) in [7, 11) is 0. The summed E-state index contributed by atoms with van der Waals surface area (Å²) in [5.41, 5.74) is 5.28. The lowest BCUT2D eigenvalue weighted by atomic mass is 9.93. The molecule has 20 heavy (non-hydrogen) atoms. The molecule has 0 aromatic heterocycles. The maximum atomic E-state index is 3.66. The Bertz CT molecular complexity index is 585. The average molecular weight is 332 g/mol. The summed E-state index contributed by atoms with van der Waals surface area (Å²) in [5.74, 6) is 0. The van der Waals surface area contributed by atoms with Crippen molar-refractivity contribution in [2.24, 2.45) is 0 Å². The molecule has 0 atom stereocenters. The van der Waals surface area contributed by atoms with E-state index in [9.17, 15) is 0 Å². The molecule has 2 aromatic rings. The van der Waals surface area contributed by atoms with Gasteiger partial charge in [0.05, 0.1) is 0 Å². The van der Waals surface area contributed by atoms with E-state index in [-0.39, 0.29) is 5.54 Å². The number of rotatable bonds is 4. The minimum atomic E-state index is -0.0448. The Hall–Kier alpha value is -1.12. The van der Waals surface area contributed by atoms with Gasteiger partial charge < -0.3 is 5.32 Å². The van der Waals surface area contributed by atoms with Crippen molar-refractivity contribution in [3.05, 3.63) is 69.2 Å². The Kier molecular flexibility index (Phi) is 4.66. The highest BCUT2D eigenvalue weighted by molar-refractivity contribution is 9.10. The van der Waals surface area contributed by atoms with Crippen LogP contribution < -0.4 is 5.32 Å². The van der Waals surface area contributed by atoms with Gasteiger partial charge in [-0.2, -0.15) is 0 Å². The van der Waals surface area contributed by atoms with Crippen LogP contribution in [0.25, 0.3) is 0 Å². The smallest absolute Gasteiger partial charge is 0.0380 e. The van der Waals surface area contributed by atoms with Crippen LogP contribution in [0, 0.1) is 13.8 Å². The number of hydrogen-bond acceptors (Lipinski definition) is 1. The molecule has 2 aromatic carbocycles. The van der Waals surface area contributed by atoms with Gasteiger partial charge in [-0.05, 0) is 56.5 Å². The lowest BCUT2D eigenvalue weighted by molar-refractivity contribution is 0.400. The third-order valence-corrected chi connectivity index (χ3v) is 4.32. The second-order valence-corrected chi connectivity index (χ2v) is 6.83. The van der Waals surface area contributed by atoms with Crippen LogP contribution in [0.4, 0.5) is 0 Å². The van der Waals surface area contributed by atoms with E-state index in [4.69, 9.17) is 0 Å². The van der Waals surface area contributed by atoms with Crippen molar-refractivity contribution in [1.29, 1.82) is 0 Å². The van der Waals surface area contributed by atoms with E-state index in [1.54, 1.807) is 0 Å². The summed E-state index contributed by atoms with van der Waals surface area (Å²) in [6, 6.07) is 15.1. The molecule has 2 rings (SSSR count). The molecule has 0 aliphatic heterocycles. The van der Waals surface area contributed by atoms with Gasteiger partial charge in [0.1, 0.15) is 0 Å². The van der Waals surface area contributed by atoms with Gasteiger partial charge in [-0.1, -0.05) is 51.8 Å². The molecule has 0 spiro atoms. The van der Waals surface area contributed by atoms with Gasteiger partial charge >= 0.3 is 0 Å². The topological polar surface area (TPSA) is 12.0 Å². The second-order valence-electron chi connectivity index (χ2n) is 5.92. The predicted octanol–water partition coefficient (Wildman–Crippen LogP) is 5.09. The van der Waals surface area contributed by atoms with E-state index in [0.717, 1.165) is 11.0 Å². The number of benzene rings is 2. The van der Waals surface area contributed by atoms with Crippen LogP contribution in [-0.2, 0) is 12.1 Å². The Morgan fingerprint density at radius 2 is 1.65 bits per heavy atom. The van der Waals surface area contributed by atoms with Crippen LogP contribution in [0.15, 0.2) is 46.9 Å². The average Bonchev–Trinajstić information content (AvgIpc) is 2.40. The van der Waals surface area contributed by atoms with Gasteiger partial charge in [-0.3, -0.25) is 0 Å². The first-order valence-electron chi connectivity index (χ1n) is 6.96. The molecular weight excluding hydrogens is 310 g/mol. The Morgan fingerprint density at radius 1 is 1.00 bits per heavy atom. The van der Waals surface area contributed by atoms with E-state index in [1.807, 2.05) is 0 Å². The number of aryl methyl sites for hydroxylation is 2. The molecule has 2 heteroatoms. The quantitative estimate of drug-likeness (QED) is 0.822. The summed E-state index contributed by atoms with van der Waals surface area (Å²) < 4.78 is 1.12. The zero-order valence-electron chi connectivity index (χ0n) is 12.6. The minimum Gasteiger partial charge on any atom is -0.304 e. The largest absolute Gasteiger partial charge is 0.304 e. The van der Waals surface area contributed by atoms with Crippen molar-refractivity contribution >= 4 is 15.9 Å². The normalized spacial score (nSPS) is 11.7. The fraction of sp³-hybridized carbons (Fsp3) is 0.333. The molecule has 0 saturated heterocycles. The monoisotopic (exact) mass is 331 g/mol. The predicted molar refractivity (Wildman–Crippen MR) is 89.9 cm³/mol. The summed E-state index contributed by atoms with van der Waals surface area (Å²) in [6.07, 6.45) is 0. The molecule has 0 saturated carbocycles. The summed E-state index contributed by atoms with van der Waals surface area (Å²) in [6.45, 7) is 9.64. The van der Waals surface area contributed by atoms with Crippen LogP contribution in [0.2, 0.25) is 0 Å². The summed E-state index contributed by atoms with van der Waals surface area (Å²) in [4.78, 5) is 0. The van der Waals surface area contributed by atoms with Crippen molar-refractivity contribution in [3.63, 3.8) is 0 Å². The van der Waals surface area contributed by atoms with Gasteiger partial charge in [0, 0.05) is 16.6 Å². The molecule has 106 valence electrons. The van der Waals surface area contributed by atoms with E-state index < -0.39 is 0 Å². The minimum absolute atomic E-state index is 0.0448. The molecule has 0 fully saturated rings. The highest BCUT2D eigenvalue weighted by Gasteiger charge is 2.19. The Morgan fingerprint density at radius 3 is 2.30 bits per heavy atom. The Labute approximate surface area is 130 Å². The lowest BCUT2D eigenvalue weighted by Crippen LogP contribution is -2.36. The molecule has 0 aliphatic rings. The fourth-order valence-corrected chi connectivity index (χ4v) is 2.54. The van der Waals surface area contributed by atoms with Crippen LogP contribution in [-0.4, -0.2) is 0 Å². The summed E-state index contributed by atoms with van der Waals surface area (Å²) >= 11 is 3.48. The van der Waals surface area contributed by atoms with Gasteiger partial charge in [0.15, 0.2) is 0 Å². The van der Waals surface area contributed by atoms with Crippen molar-refractivity contribution in [2.75, 3.05) is 0 Å².